The molecule has 0 aromatic heterocycles. The number of amides is 2. The van der Waals surface area contributed by atoms with Crippen LogP contribution in [0.2, 0.25) is 0 Å². The molecule has 1 aromatic rings. The van der Waals surface area contributed by atoms with Gasteiger partial charge >= 0.3 is 6.03 Å². The van der Waals surface area contributed by atoms with Crippen LogP contribution in [0.15, 0.2) is 30.3 Å². The fraction of sp³-hybridized carbons (Fsp3) is 0.588. The molecule has 1 aromatic carbocycles. The van der Waals surface area contributed by atoms with E-state index < -0.39 is 0 Å². The fourth-order valence-electron chi connectivity index (χ4n) is 2.81. The SMILES string of the molecule is CN(CCCNC(=O)NC1CCCCC1)c1ccccc1. The monoisotopic (exact) mass is 289 g/mol. The second-order valence-corrected chi connectivity index (χ2v) is 5.85. The molecule has 0 heterocycles. The molecule has 0 spiro atoms. The summed E-state index contributed by atoms with van der Waals surface area (Å²) in [7, 11) is 2.08. The van der Waals surface area contributed by atoms with Gasteiger partial charge in [0.05, 0.1) is 0 Å². The van der Waals surface area contributed by atoms with E-state index in [9.17, 15) is 4.79 Å². The molecule has 21 heavy (non-hydrogen) atoms. The number of nitrogens with zero attached hydrogens (tertiary/aromatic N) is 1. The van der Waals surface area contributed by atoms with Gasteiger partial charge in [-0.15, -0.1) is 0 Å². The van der Waals surface area contributed by atoms with Gasteiger partial charge < -0.3 is 15.5 Å². The van der Waals surface area contributed by atoms with Gasteiger partial charge in [-0.05, 0) is 31.4 Å². The van der Waals surface area contributed by atoms with Gasteiger partial charge in [-0.3, -0.25) is 0 Å². The molecule has 2 amide bonds. The van der Waals surface area contributed by atoms with Crippen molar-refractivity contribution in [3.05, 3.63) is 30.3 Å². The largest absolute Gasteiger partial charge is 0.375 e. The second kappa shape index (κ2) is 8.55. The Morgan fingerprint density at radius 2 is 1.90 bits per heavy atom. The highest BCUT2D eigenvalue weighted by atomic mass is 16.2. The van der Waals surface area contributed by atoms with Crippen molar-refractivity contribution < 1.29 is 4.79 Å². The summed E-state index contributed by atoms with van der Waals surface area (Å²) in [4.78, 5) is 14.0. The van der Waals surface area contributed by atoms with Crippen molar-refractivity contribution in [2.75, 3.05) is 25.0 Å². The predicted octanol–water partition coefficient (Wildman–Crippen LogP) is 3.14. The Morgan fingerprint density at radius 3 is 2.62 bits per heavy atom. The Hall–Kier alpha value is -1.71. The van der Waals surface area contributed by atoms with Crippen LogP contribution < -0.4 is 15.5 Å². The number of hydrogen-bond donors (Lipinski definition) is 2. The summed E-state index contributed by atoms with van der Waals surface area (Å²) in [5.74, 6) is 0. The van der Waals surface area contributed by atoms with E-state index in [4.69, 9.17) is 0 Å². The van der Waals surface area contributed by atoms with Crippen molar-refractivity contribution in [1.29, 1.82) is 0 Å². The Labute approximate surface area is 127 Å². The van der Waals surface area contributed by atoms with Crippen LogP contribution in [0.5, 0.6) is 0 Å². The normalized spacial score (nSPS) is 15.5. The number of carbonyl (C=O) groups is 1. The summed E-state index contributed by atoms with van der Waals surface area (Å²) in [6, 6.07) is 10.7. The molecule has 2 rings (SSSR count). The van der Waals surface area contributed by atoms with E-state index in [1.54, 1.807) is 0 Å². The Balaban J connectivity index is 1.57. The maximum absolute atomic E-state index is 11.8. The van der Waals surface area contributed by atoms with E-state index in [0.29, 0.717) is 6.04 Å². The number of benzene rings is 1. The molecule has 1 saturated carbocycles. The maximum Gasteiger partial charge on any atom is 0.315 e. The van der Waals surface area contributed by atoms with Gasteiger partial charge in [-0.25, -0.2) is 4.79 Å². The zero-order valence-electron chi connectivity index (χ0n) is 13.0. The second-order valence-electron chi connectivity index (χ2n) is 5.85. The molecule has 2 N–H and O–H groups in total. The van der Waals surface area contributed by atoms with Crippen LogP contribution in [0.1, 0.15) is 38.5 Å². The molecule has 0 aliphatic heterocycles. The minimum atomic E-state index is -0.00994. The summed E-state index contributed by atoms with van der Waals surface area (Å²) >= 11 is 0. The summed E-state index contributed by atoms with van der Waals surface area (Å²) < 4.78 is 0. The molecular formula is C17H27N3O. The molecule has 4 nitrogen and oxygen atoms in total. The lowest BCUT2D eigenvalue weighted by molar-refractivity contribution is 0.232. The van der Waals surface area contributed by atoms with Crippen molar-refractivity contribution >= 4 is 11.7 Å². The number of rotatable bonds is 6. The van der Waals surface area contributed by atoms with Gasteiger partial charge in [0, 0.05) is 31.9 Å². The molecule has 116 valence electrons. The zero-order chi connectivity index (χ0) is 14.9. The van der Waals surface area contributed by atoms with E-state index in [-0.39, 0.29) is 6.03 Å². The lowest BCUT2D eigenvalue weighted by Gasteiger charge is -2.23. The number of hydrogen-bond acceptors (Lipinski definition) is 2. The first-order valence-corrected chi connectivity index (χ1v) is 8.06. The van der Waals surface area contributed by atoms with Gasteiger partial charge in [0.15, 0.2) is 0 Å². The lowest BCUT2D eigenvalue weighted by Crippen LogP contribution is -2.43. The Bertz CT molecular complexity index is 415. The van der Waals surface area contributed by atoms with Crippen LogP contribution in [-0.4, -0.2) is 32.2 Å². The van der Waals surface area contributed by atoms with Crippen molar-refractivity contribution in [3.63, 3.8) is 0 Å². The molecule has 1 aliphatic rings. The quantitative estimate of drug-likeness (QED) is 0.790. The number of urea groups is 1. The van der Waals surface area contributed by atoms with Crippen molar-refractivity contribution in [2.45, 2.75) is 44.6 Å². The third-order valence-corrected chi connectivity index (χ3v) is 4.09. The van der Waals surface area contributed by atoms with Crippen LogP contribution in [0.4, 0.5) is 10.5 Å². The zero-order valence-corrected chi connectivity index (χ0v) is 13.0. The number of carbonyl (C=O) groups excluding carboxylic acids is 1. The molecule has 1 aliphatic carbocycles. The molecular weight excluding hydrogens is 262 g/mol. The van der Waals surface area contributed by atoms with Gasteiger partial charge in [0.2, 0.25) is 0 Å². The van der Waals surface area contributed by atoms with E-state index in [0.717, 1.165) is 32.4 Å². The standard InChI is InChI=1S/C17H27N3O/c1-20(16-11-6-3-7-12-16)14-8-13-18-17(21)19-15-9-4-2-5-10-15/h3,6-7,11-12,15H,2,4-5,8-10,13-14H2,1H3,(H2,18,19,21). The molecule has 4 heteroatoms. The predicted molar refractivity (Wildman–Crippen MR) is 87.7 cm³/mol. The highest BCUT2D eigenvalue weighted by Crippen LogP contribution is 2.17. The average molecular weight is 289 g/mol. The van der Waals surface area contributed by atoms with Crippen LogP contribution in [0, 0.1) is 0 Å². The first-order valence-electron chi connectivity index (χ1n) is 8.06. The van der Waals surface area contributed by atoms with Crippen molar-refractivity contribution in [2.24, 2.45) is 0 Å². The minimum Gasteiger partial charge on any atom is -0.375 e. The summed E-state index contributed by atoms with van der Waals surface area (Å²) in [6.45, 7) is 1.66. The molecule has 0 radical (unpaired) electrons. The first-order chi connectivity index (χ1) is 10.3. The van der Waals surface area contributed by atoms with Crippen molar-refractivity contribution in [3.8, 4) is 0 Å². The highest BCUT2D eigenvalue weighted by Gasteiger charge is 2.14. The first kappa shape index (κ1) is 15.7. The summed E-state index contributed by atoms with van der Waals surface area (Å²) in [5, 5.41) is 6.04. The number of para-hydroxylation sites is 1. The van der Waals surface area contributed by atoms with Crippen molar-refractivity contribution in [1.82, 2.24) is 10.6 Å². The number of nitrogens with one attached hydrogen (secondary N) is 2. The highest BCUT2D eigenvalue weighted by molar-refractivity contribution is 5.74. The van der Waals surface area contributed by atoms with Gasteiger partial charge in [0.1, 0.15) is 0 Å². The van der Waals surface area contributed by atoms with E-state index in [1.807, 2.05) is 18.2 Å². The Kier molecular flexibility index (Phi) is 6.38. The molecule has 0 saturated heterocycles. The summed E-state index contributed by atoms with van der Waals surface area (Å²) in [6.07, 6.45) is 7.00. The lowest BCUT2D eigenvalue weighted by atomic mass is 9.96. The number of anilines is 1. The minimum absolute atomic E-state index is 0.00994. The third-order valence-electron chi connectivity index (χ3n) is 4.09. The van der Waals surface area contributed by atoms with Gasteiger partial charge in [-0.1, -0.05) is 37.5 Å². The van der Waals surface area contributed by atoms with E-state index in [1.165, 1.54) is 24.9 Å². The van der Waals surface area contributed by atoms with Crippen LogP contribution in [0.3, 0.4) is 0 Å². The molecule has 0 atom stereocenters. The van der Waals surface area contributed by atoms with Gasteiger partial charge in [-0.2, -0.15) is 0 Å². The topological polar surface area (TPSA) is 44.4 Å². The smallest absolute Gasteiger partial charge is 0.315 e. The molecule has 0 unspecified atom stereocenters. The van der Waals surface area contributed by atoms with Gasteiger partial charge in [0.25, 0.3) is 0 Å². The van der Waals surface area contributed by atoms with Crippen LogP contribution >= 0.6 is 0 Å². The fourth-order valence-corrected chi connectivity index (χ4v) is 2.81. The average Bonchev–Trinajstić information content (AvgIpc) is 2.53. The molecule has 1 fully saturated rings. The van der Waals surface area contributed by atoms with Crippen LogP contribution in [-0.2, 0) is 0 Å². The third kappa shape index (κ3) is 5.66. The Morgan fingerprint density at radius 1 is 1.19 bits per heavy atom. The van der Waals surface area contributed by atoms with E-state index in [2.05, 4.69) is 34.7 Å². The molecule has 0 bridgehead atoms. The maximum atomic E-state index is 11.8. The summed E-state index contributed by atoms with van der Waals surface area (Å²) in [5.41, 5.74) is 1.21. The van der Waals surface area contributed by atoms with E-state index >= 15 is 0 Å². The van der Waals surface area contributed by atoms with Crippen LogP contribution in [0.25, 0.3) is 0 Å².